The van der Waals surface area contributed by atoms with E-state index in [1.165, 1.54) is 12.1 Å². The molecule has 0 saturated carbocycles. The second-order valence-electron chi connectivity index (χ2n) is 7.01. The van der Waals surface area contributed by atoms with Crippen molar-refractivity contribution in [2.75, 3.05) is 23.8 Å². The minimum Gasteiger partial charge on any atom is -0.490 e. The van der Waals surface area contributed by atoms with Gasteiger partial charge in [0.05, 0.1) is 11.6 Å². The molecule has 0 aliphatic carbocycles. The molecule has 0 aromatic heterocycles. The molecule has 8 heteroatoms. The minimum absolute atomic E-state index is 0.0313. The van der Waals surface area contributed by atoms with E-state index >= 15 is 0 Å². The molecule has 32 heavy (non-hydrogen) atoms. The minimum atomic E-state index is -0.484. The number of carbonyl (C=O) groups is 1. The van der Waals surface area contributed by atoms with Crippen LogP contribution in [0, 0.1) is 12.7 Å². The van der Waals surface area contributed by atoms with Crippen LogP contribution in [-0.2, 0) is 11.3 Å². The van der Waals surface area contributed by atoms with E-state index < -0.39 is 5.82 Å². The van der Waals surface area contributed by atoms with Gasteiger partial charge in [0.2, 0.25) is 0 Å². The number of hydrogen-bond acceptors (Lipinski definition) is 4. The van der Waals surface area contributed by atoms with E-state index in [4.69, 9.17) is 32.7 Å². The quantitative estimate of drug-likeness (QED) is 0.371. The van der Waals surface area contributed by atoms with Gasteiger partial charge in [-0.25, -0.2) is 4.39 Å². The average Bonchev–Trinajstić information content (AvgIpc) is 2.77. The van der Waals surface area contributed by atoms with Crippen molar-refractivity contribution in [2.24, 2.45) is 0 Å². The number of aryl methyl sites for hydroxylation is 1. The number of rotatable bonds is 9. The van der Waals surface area contributed by atoms with Crippen LogP contribution in [0.4, 0.5) is 15.8 Å². The average molecular weight is 477 g/mol. The maximum Gasteiger partial charge on any atom is 0.262 e. The summed E-state index contributed by atoms with van der Waals surface area (Å²) in [6.45, 7) is 4.39. The molecule has 3 rings (SSSR count). The zero-order valence-corrected chi connectivity index (χ0v) is 19.2. The molecule has 0 radical (unpaired) electrons. The van der Waals surface area contributed by atoms with Crippen LogP contribution in [0.5, 0.6) is 11.5 Å². The summed E-state index contributed by atoms with van der Waals surface area (Å²) in [6, 6.07) is 15.2. The third-order valence-corrected chi connectivity index (χ3v) is 5.15. The van der Waals surface area contributed by atoms with Crippen LogP contribution in [0.25, 0.3) is 0 Å². The van der Waals surface area contributed by atoms with Crippen LogP contribution in [0.1, 0.15) is 18.1 Å². The van der Waals surface area contributed by atoms with Gasteiger partial charge >= 0.3 is 0 Å². The molecule has 3 aromatic rings. The molecule has 2 N–H and O–H groups in total. The highest BCUT2D eigenvalue weighted by Gasteiger charge is 2.13. The summed E-state index contributed by atoms with van der Waals surface area (Å²) in [5, 5.41) is 6.39. The van der Waals surface area contributed by atoms with E-state index in [1.54, 1.807) is 18.2 Å². The summed E-state index contributed by atoms with van der Waals surface area (Å²) in [5.74, 6) is 0.0478. The first kappa shape index (κ1) is 23.7. The second-order valence-corrected chi connectivity index (χ2v) is 7.82. The predicted octanol–water partition coefficient (Wildman–Crippen LogP) is 6.47. The predicted molar refractivity (Wildman–Crippen MR) is 127 cm³/mol. The third kappa shape index (κ3) is 6.52. The Morgan fingerprint density at radius 3 is 2.31 bits per heavy atom. The van der Waals surface area contributed by atoms with Crippen LogP contribution < -0.4 is 20.1 Å². The Kier molecular flexibility index (Phi) is 8.20. The lowest BCUT2D eigenvalue weighted by molar-refractivity contribution is -0.118. The Hall–Kier alpha value is -2.96. The molecule has 0 unspecified atom stereocenters. The molecule has 0 saturated heterocycles. The van der Waals surface area contributed by atoms with Gasteiger partial charge in [0.25, 0.3) is 5.91 Å². The maximum absolute atomic E-state index is 13.3. The molecule has 0 spiro atoms. The summed E-state index contributed by atoms with van der Waals surface area (Å²) in [4.78, 5) is 12.2. The van der Waals surface area contributed by atoms with E-state index in [2.05, 4.69) is 10.6 Å². The number of halogens is 3. The number of benzene rings is 3. The maximum atomic E-state index is 13.3. The largest absolute Gasteiger partial charge is 0.490 e. The van der Waals surface area contributed by atoms with Crippen molar-refractivity contribution in [1.29, 1.82) is 0 Å². The number of carbonyl (C=O) groups excluding carboxylic acids is 1. The van der Waals surface area contributed by atoms with Crippen LogP contribution in [-0.4, -0.2) is 19.1 Å². The topological polar surface area (TPSA) is 59.6 Å². The van der Waals surface area contributed by atoms with Crippen molar-refractivity contribution in [3.63, 3.8) is 0 Å². The monoisotopic (exact) mass is 476 g/mol. The molecule has 0 bridgehead atoms. The van der Waals surface area contributed by atoms with Gasteiger partial charge in [0.15, 0.2) is 18.1 Å². The fraction of sp³-hybridized carbons (Fsp3) is 0.208. The summed E-state index contributed by atoms with van der Waals surface area (Å²) >= 11 is 12.2. The lowest BCUT2D eigenvalue weighted by Crippen LogP contribution is -2.20. The van der Waals surface area contributed by atoms with Gasteiger partial charge in [-0.05, 0) is 55.8 Å². The van der Waals surface area contributed by atoms with Crippen LogP contribution in [0.3, 0.4) is 0 Å². The summed E-state index contributed by atoms with van der Waals surface area (Å²) < 4.78 is 24.7. The molecule has 0 aliphatic heterocycles. The smallest absolute Gasteiger partial charge is 0.262 e. The highest BCUT2D eigenvalue weighted by atomic mass is 35.5. The Labute approximate surface area is 196 Å². The Bertz CT molecular complexity index is 1090. The lowest BCUT2D eigenvalue weighted by atomic mass is 10.2. The van der Waals surface area contributed by atoms with Crippen LogP contribution in [0.2, 0.25) is 10.0 Å². The summed E-state index contributed by atoms with van der Waals surface area (Å²) in [6.07, 6.45) is 0. The number of hydrogen-bond donors (Lipinski definition) is 2. The normalized spacial score (nSPS) is 10.5. The van der Waals surface area contributed by atoms with Crippen molar-refractivity contribution < 1.29 is 18.7 Å². The third-order valence-electron chi connectivity index (χ3n) is 4.51. The summed E-state index contributed by atoms with van der Waals surface area (Å²) in [7, 11) is 0. The molecular weight excluding hydrogens is 454 g/mol. The zero-order valence-electron chi connectivity index (χ0n) is 17.7. The number of nitrogens with one attached hydrogen (secondary N) is 2. The number of amides is 1. The standard InChI is InChI=1S/C24H23Cl2FN2O3/c1-3-31-22-10-16(13-28-18-8-9-21(27)20(26)11-18)19(25)12-23(22)32-14-24(30)29-17-6-4-15(2)5-7-17/h4-12,28H,3,13-14H2,1-2H3,(H,29,30). The van der Waals surface area contributed by atoms with Gasteiger partial charge in [-0.2, -0.15) is 0 Å². The van der Waals surface area contributed by atoms with Crippen molar-refractivity contribution in [2.45, 2.75) is 20.4 Å². The molecule has 0 atom stereocenters. The molecule has 0 fully saturated rings. The van der Waals surface area contributed by atoms with E-state index in [1.807, 2.05) is 38.1 Å². The van der Waals surface area contributed by atoms with Gasteiger partial charge in [-0.3, -0.25) is 4.79 Å². The van der Waals surface area contributed by atoms with Crippen molar-refractivity contribution in [1.82, 2.24) is 0 Å². The first-order chi connectivity index (χ1) is 15.4. The molecular formula is C24H23Cl2FN2O3. The molecule has 1 amide bonds. The van der Waals surface area contributed by atoms with Gasteiger partial charge in [-0.1, -0.05) is 40.9 Å². The van der Waals surface area contributed by atoms with Crippen LogP contribution in [0.15, 0.2) is 54.6 Å². The molecule has 168 valence electrons. The van der Waals surface area contributed by atoms with Gasteiger partial charge < -0.3 is 20.1 Å². The van der Waals surface area contributed by atoms with Crippen molar-refractivity contribution in [3.8, 4) is 11.5 Å². The van der Waals surface area contributed by atoms with Crippen molar-refractivity contribution in [3.05, 3.63) is 81.6 Å². The molecule has 0 aliphatic rings. The van der Waals surface area contributed by atoms with Crippen molar-refractivity contribution >= 4 is 40.5 Å². The first-order valence-electron chi connectivity index (χ1n) is 9.99. The fourth-order valence-electron chi connectivity index (χ4n) is 2.87. The Morgan fingerprint density at radius 2 is 1.62 bits per heavy atom. The Balaban J connectivity index is 1.66. The van der Waals surface area contributed by atoms with Gasteiger partial charge in [-0.15, -0.1) is 0 Å². The van der Waals surface area contributed by atoms with E-state index in [0.29, 0.717) is 41.0 Å². The van der Waals surface area contributed by atoms with E-state index in [-0.39, 0.29) is 17.5 Å². The highest BCUT2D eigenvalue weighted by molar-refractivity contribution is 6.31. The second kappa shape index (κ2) is 11.1. The van der Waals surface area contributed by atoms with E-state index in [9.17, 15) is 9.18 Å². The number of anilines is 2. The number of ether oxygens (including phenoxy) is 2. The first-order valence-corrected chi connectivity index (χ1v) is 10.7. The Morgan fingerprint density at radius 1 is 0.938 bits per heavy atom. The zero-order chi connectivity index (χ0) is 23.1. The van der Waals surface area contributed by atoms with Gasteiger partial charge in [0, 0.05) is 29.0 Å². The SMILES string of the molecule is CCOc1cc(CNc2ccc(F)c(Cl)c2)c(Cl)cc1OCC(=O)Nc1ccc(C)cc1. The lowest BCUT2D eigenvalue weighted by Gasteiger charge is -2.16. The highest BCUT2D eigenvalue weighted by Crippen LogP contribution is 2.34. The van der Waals surface area contributed by atoms with E-state index in [0.717, 1.165) is 11.1 Å². The summed E-state index contributed by atoms with van der Waals surface area (Å²) in [5.41, 5.74) is 3.19. The molecule has 0 heterocycles. The van der Waals surface area contributed by atoms with Gasteiger partial charge in [0.1, 0.15) is 5.82 Å². The molecule has 5 nitrogen and oxygen atoms in total. The fourth-order valence-corrected chi connectivity index (χ4v) is 3.28. The van der Waals surface area contributed by atoms with Crippen LogP contribution >= 0.6 is 23.2 Å². The molecule has 3 aromatic carbocycles.